The molecule has 0 aliphatic carbocycles. The standard InChI is InChI=1S/C4H13N3.C3H5ClO.ClH/c5-1-3-7-4-2-6;4-1-3-2-5-3;/h7H,1-6H2;3H,1-2H2;1H. The molecule has 1 unspecified atom stereocenters. The summed E-state index contributed by atoms with van der Waals surface area (Å²) >= 11 is 5.27. The molecule has 5 N–H and O–H groups in total. The minimum absolute atomic E-state index is 0. The molecule has 0 bridgehead atoms. The molecule has 1 fully saturated rings. The van der Waals surface area contributed by atoms with Crippen LogP contribution in [0.4, 0.5) is 0 Å². The van der Waals surface area contributed by atoms with Crippen molar-refractivity contribution in [3.8, 4) is 0 Å². The van der Waals surface area contributed by atoms with Crippen molar-refractivity contribution < 1.29 is 4.74 Å². The average Bonchev–Trinajstić information content (AvgIpc) is 2.89. The maximum atomic E-state index is 5.27. The first-order chi connectivity index (χ1) is 5.85. The second kappa shape index (κ2) is 12.4. The van der Waals surface area contributed by atoms with E-state index in [1.807, 2.05) is 0 Å². The number of rotatable bonds is 5. The van der Waals surface area contributed by atoms with E-state index in [2.05, 4.69) is 5.32 Å². The third-order valence-electron chi connectivity index (χ3n) is 1.22. The Balaban J connectivity index is 0. The van der Waals surface area contributed by atoms with Crippen molar-refractivity contribution in [3.05, 3.63) is 0 Å². The lowest BCUT2D eigenvalue weighted by Gasteiger charge is -1.95. The zero-order chi connectivity index (χ0) is 9.23. The minimum Gasteiger partial charge on any atom is -0.372 e. The molecule has 0 aromatic rings. The smallest absolute Gasteiger partial charge is 0.0944 e. The van der Waals surface area contributed by atoms with Crippen LogP contribution in [0.5, 0.6) is 0 Å². The molecule has 1 rings (SSSR count). The Labute approximate surface area is 90.7 Å². The fourth-order valence-electron chi connectivity index (χ4n) is 0.486. The molecule has 0 amide bonds. The summed E-state index contributed by atoms with van der Waals surface area (Å²) in [5, 5.41) is 3.03. The highest BCUT2D eigenvalue weighted by Gasteiger charge is 2.19. The van der Waals surface area contributed by atoms with Crippen molar-refractivity contribution in [1.29, 1.82) is 0 Å². The topological polar surface area (TPSA) is 76.6 Å². The number of halogens is 2. The number of hydrogen-bond donors (Lipinski definition) is 3. The van der Waals surface area contributed by atoms with Gasteiger partial charge < -0.3 is 21.5 Å². The van der Waals surface area contributed by atoms with E-state index in [1.165, 1.54) is 0 Å². The van der Waals surface area contributed by atoms with Gasteiger partial charge in [-0.1, -0.05) is 0 Å². The molecule has 1 atom stereocenters. The van der Waals surface area contributed by atoms with Gasteiger partial charge in [-0.15, -0.1) is 24.0 Å². The van der Waals surface area contributed by atoms with Gasteiger partial charge in [0.25, 0.3) is 0 Å². The summed E-state index contributed by atoms with van der Waals surface area (Å²) in [6.07, 6.45) is 0.400. The summed E-state index contributed by atoms with van der Waals surface area (Å²) in [4.78, 5) is 0. The summed E-state index contributed by atoms with van der Waals surface area (Å²) in [5.41, 5.74) is 10.3. The molecule has 1 heterocycles. The van der Waals surface area contributed by atoms with E-state index in [0.717, 1.165) is 19.7 Å². The van der Waals surface area contributed by atoms with Gasteiger partial charge >= 0.3 is 0 Å². The Morgan fingerprint density at radius 1 is 1.31 bits per heavy atom. The molecular weight excluding hydrogens is 213 g/mol. The van der Waals surface area contributed by atoms with Crippen LogP contribution in [0.1, 0.15) is 0 Å². The predicted molar refractivity (Wildman–Crippen MR) is 58.7 cm³/mol. The van der Waals surface area contributed by atoms with E-state index in [-0.39, 0.29) is 12.4 Å². The first-order valence-electron chi connectivity index (χ1n) is 4.13. The number of ether oxygens (including phenoxy) is 1. The fraction of sp³-hybridized carbons (Fsp3) is 1.00. The largest absolute Gasteiger partial charge is 0.372 e. The molecule has 13 heavy (non-hydrogen) atoms. The van der Waals surface area contributed by atoms with Crippen LogP contribution in [0.25, 0.3) is 0 Å². The van der Waals surface area contributed by atoms with Crippen LogP contribution in [0.2, 0.25) is 0 Å². The molecule has 4 nitrogen and oxygen atoms in total. The first kappa shape index (κ1) is 15.9. The highest BCUT2D eigenvalue weighted by atomic mass is 35.5. The van der Waals surface area contributed by atoms with Gasteiger partial charge in [-0.3, -0.25) is 0 Å². The number of nitrogens with two attached hydrogens (primary N) is 2. The van der Waals surface area contributed by atoms with Gasteiger partial charge in [0.1, 0.15) is 0 Å². The van der Waals surface area contributed by atoms with Crippen LogP contribution in [-0.2, 0) is 4.74 Å². The van der Waals surface area contributed by atoms with Crippen LogP contribution in [0.3, 0.4) is 0 Å². The molecule has 6 heteroatoms. The average molecular weight is 232 g/mol. The van der Waals surface area contributed by atoms with Crippen LogP contribution in [0, 0.1) is 0 Å². The predicted octanol–water partition coefficient (Wildman–Crippen LogP) is -0.461. The molecule has 0 saturated carbocycles. The van der Waals surface area contributed by atoms with Crippen molar-refractivity contribution in [2.45, 2.75) is 6.10 Å². The summed E-state index contributed by atoms with van der Waals surface area (Å²) in [6, 6.07) is 0. The van der Waals surface area contributed by atoms with Crippen LogP contribution in [-0.4, -0.2) is 44.8 Å². The number of hydrogen-bond acceptors (Lipinski definition) is 4. The molecule has 0 aromatic heterocycles. The fourth-order valence-corrected chi connectivity index (χ4v) is 0.664. The second-order valence-electron chi connectivity index (χ2n) is 2.44. The third kappa shape index (κ3) is 15.2. The Bertz CT molecular complexity index is 89.8. The van der Waals surface area contributed by atoms with Gasteiger partial charge in [-0.05, 0) is 0 Å². The highest BCUT2D eigenvalue weighted by molar-refractivity contribution is 6.18. The summed E-state index contributed by atoms with van der Waals surface area (Å²) in [5.74, 6) is 0.667. The molecule has 0 spiro atoms. The van der Waals surface area contributed by atoms with Crippen molar-refractivity contribution >= 4 is 24.0 Å². The van der Waals surface area contributed by atoms with Crippen molar-refractivity contribution in [2.24, 2.45) is 11.5 Å². The van der Waals surface area contributed by atoms with Gasteiger partial charge in [-0.2, -0.15) is 0 Å². The second-order valence-corrected chi connectivity index (χ2v) is 2.75. The molecular formula is C7H19Cl2N3O. The zero-order valence-corrected chi connectivity index (χ0v) is 9.24. The molecule has 1 aliphatic heterocycles. The Morgan fingerprint density at radius 3 is 1.92 bits per heavy atom. The van der Waals surface area contributed by atoms with E-state index >= 15 is 0 Å². The third-order valence-corrected chi connectivity index (χ3v) is 1.56. The van der Waals surface area contributed by atoms with Gasteiger partial charge in [0.15, 0.2) is 0 Å². The normalized spacial score (nSPS) is 18.2. The number of nitrogens with one attached hydrogen (secondary N) is 1. The summed E-state index contributed by atoms with van der Waals surface area (Å²) in [6.45, 7) is 4.01. The molecule has 82 valence electrons. The van der Waals surface area contributed by atoms with Crippen LogP contribution < -0.4 is 16.8 Å². The van der Waals surface area contributed by atoms with E-state index in [4.69, 9.17) is 27.8 Å². The summed E-state index contributed by atoms with van der Waals surface area (Å²) in [7, 11) is 0. The van der Waals surface area contributed by atoms with Crippen molar-refractivity contribution in [1.82, 2.24) is 5.32 Å². The Kier molecular flexibility index (Phi) is 15.2. The van der Waals surface area contributed by atoms with Gasteiger partial charge in [-0.25, -0.2) is 0 Å². The first-order valence-corrected chi connectivity index (χ1v) is 4.67. The van der Waals surface area contributed by atoms with E-state index in [9.17, 15) is 0 Å². The minimum atomic E-state index is 0. The molecule has 1 saturated heterocycles. The monoisotopic (exact) mass is 231 g/mol. The van der Waals surface area contributed by atoms with Crippen LogP contribution >= 0.6 is 24.0 Å². The molecule has 1 aliphatic rings. The number of epoxide rings is 1. The van der Waals surface area contributed by atoms with Gasteiger partial charge in [0, 0.05) is 26.2 Å². The maximum absolute atomic E-state index is 5.27. The van der Waals surface area contributed by atoms with Crippen molar-refractivity contribution in [3.63, 3.8) is 0 Å². The lowest BCUT2D eigenvalue weighted by atomic mass is 10.6. The lowest BCUT2D eigenvalue weighted by Crippen LogP contribution is -2.27. The van der Waals surface area contributed by atoms with Gasteiger partial charge in [0.2, 0.25) is 0 Å². The maximum Gasteiger partial charge on any atom is 0.0944 e. The highest BCUT2D eigenvalue weighted by Crippen LogP contribution is 2.08. The summed E-state index contributed by atoms with van der Waals surface area (Å²) < 4.78 is 4.73. The van der Waals surface area contributed by atoms with Crippen molar-refractivity contribution in [2.75, 3.05) is 38.7 Å². The quantitative estimate of drug-likeness (QED) is 0.340. The van der Waals surface area contributed by atoms with Crippen LogP contribution in [0.15, 0.2) is 0 Å². The van der Waals surface area contributed by atoms with E-state index in [0.29, 0.717) is 25.1 Å². The zero-order valence-electron chi connectivity index (χ0n) is 7.67. The van der Waals surface area contributed by atoms with Gasteiger partial charge in [0.05, 0.1) is 18.6 Å². The Hall–Kier alpha value is 0.420. The molecule has 0 radical (unpaired) electrons. The lowest BCUT2D eigenvalue weighted by molar-refractivity contribution is 0.425. The van der Waals surface area contributed by atoms with E-state index < -0.39 is 0 Å². The number of alkyl halides is 1. The molecule has 0 aromatic carbocycles. The SMILES string of the molecule is Cl.ClCC1CO1.NCCNCCN. The Morgan fingerprint density at radius 2 is 1.77 bits per heavy atom. The van der Waals surface area contributed by atoms with E-state index in [1.54, 1.807) is 0 Å².